The van der Waals surface area contributed by atoms with E-state index < -0.39 is 12.1 Å². The maximum atomic E-state index is 12.8. The number of aliphatic hydroxyl groups excluding tert-OH is 2. The van der Waals surface area contributed by atoms with Crippen LogP contribution >= 0.6 is 0 Å². The van der Waals surface area contributed by atoms with Crippen molar-refractivity contribution in [1.82, 2.24) is 40.4 Å². The Hall–Kier alpha value is -5.54. The van der Waals surface area contributed by atoms with Gasteiger partial charge in [0, 0.05) is 110 Å². The number of amides is 2. The number of rotatable bonds is 12. The number of carbonyl (C=O) groups is 2. The van der Waals surface area contributed by atoms with Crippen molar-refractivity contribution in [3.8, 4) is 0 Å². The Morgan fingerprint density at radius 2 is 1.07 bits per heavy atom. The molecule has 4 aliphatic rings. The summed E-state index contributed by atoms with van der Waals surface area (Å²) in [6.07, 6.45) is 15.7. The maximum Gasteiger partial charge on any atom is 0.258 e. The van der Waals surface area contributed by atoms with Crippen LogP contribution in [0.2, 0.25) is 0 Å². The van der Waals surface area contributed by atoms with Crippen molar-refractivity contribution in [2.24, 2.45) is 23.7 Å². The number of aromatic nitrogens is 4. The number of hydrogen-bond donors (Lipinski definition) is 6. The molecule has 2 amide bonds. The first-order chi connectivity index (χ1) is 28.3. The van der Waals surface area contributed by atoms with Gasteiger partial charge >= 0.3 is 0 Å². The highest BCUT2D eigenvalue weighted by atomic mass is 16.3. The minimum Gasteiger partial charge on any atom is -0.396 e. The molecule has 4 aromatic heterocycles. The van der Waals surface area contributed by atoms with Crippen LogP contribution in [0.3, 0.4) is 0 Å². The molecule has 0 unspecified atom stereocenters. The molecule has 304 valence electrons. The predicted molar refractivity (Wildman–Crippen MR) is 220 cm³/mol. The predicted octanol–water partition coefficient (Wildman–Crippen LogP) is 1.77. The van der Waals surface area contributed by atoms with E-state index in [1.807, 2.05) is 74.5 Å². The summed E-state index contributed by atoms with van der Waals surface area (Å²) in [5, 5.41) is 32.7. The second kappa shape index (κ2) is 18.4. The lowest BCUT2D eigenvalue weighted by atomic mass is 9.88. The average Bonchev–Trinajstić information content (AvgIpc) is 3.99. The normalized spacial score (nSPS) is 25.2. The summed E-state index contributed by atoms with van der Waals surface area (Å²) in [6.45, 7) is 5.66. The van der Waals surface area contributed by atoms with E-state index in [9.17, 15) is 29.4 Å². The quantitative estimate of drug-likeness (QED) is 0.123. The van der Waals surface area contributed by atoms with Crippen LogP contribution in [0.15, 0.2) is 95.1 Å². The molecule has 0 bridgehead atoms. The molecule has 8 rings (SSSR count). The molecule has 14 heteroatoms. The Morgan fingerprint density at radius 1 is 0.672 bits per heavy atom. The molecular weight excluding hydrogens is 737 g/mol. The average molecular weight is 789 g/mol. The van der Waals surface area contributed by atoms with Gasteiger partial charge in [0.1, 0.15) is 0 Å². The smallest absolute Gasteiger partial charge is 0.258 e. The van der Waals surface area contributed by atoms with Gasteiger partial charge in [-0.05, 0) is 86.3 Å². The summed E-state index contributed by atoms with van der Waals surface area (Å²) >= 11 is 0. The minimum absolute atomic E-state index is 0.0181. The van der Waals surface area contributed by atoms with E-state index in [1.165, 1.54) is 0 Å². The number of fused-ring (bicyclic) bond motifs is 6. The molecule has 4 aromatic rings. The van der Waals surface area contributed by atoms with E-state index >= 15 is 0 Å². The number of nitrogens with zero attached hydrogens (tertiary/aromatic N) is 4. The van der Waals surface area contributed by atoms with E-state index in [4.69, 9.17) is 0 Å². The SMILES string of the molecule is C/C=C/c1ccc2n(c1=O)C[C@H]1[C@H](CO)[C@@H](C(=O)NCCc3ccncc3)N[C@@H]21.C/C=C\c1ccc2n(c1=O)C[C@H]1[C@H](CO)[C@@H](C(=O)NCCc3ccncc3)N[C@@H]21. The van der Waals surface area contributed by atoms with Gasteiger partial charge in [-0.3, -0.25) is 39.8 Å². The van der Waals surface area contributed by atoms with Gasteiger partial charge in [-0.25, -0.2) is 0 Å². The molecule has 6 N–H and O–H groups in total. The number of carbonyl (C=O) groups excluding carboxylic acids is 2. The zero-order valence-electron chi connectivity index (χ0n) is 32.8. The van der Waals surface area contributed by atoms with Crippen LogP contribution in [-0.2, 0) is 35.5 Å². The third-order valence-electron chi connectivity index (χ3n) is 12.0. The number of aliphatic hydroxyl groups is 2. The number of allylic oxidation sites excluding steroid dienone is 2. The van der Waals surface area contributed by atoms with Crippen molar-refractivity contribution in [3.05, 3.63) is 140 Å². The molecule has 0 spiro atoms. The van der Waals surface area contributed by atoms with Gasteiger partial charge in [-0.1, -0.05) is 24.3 Å². The van der Waals surface area contributed by atoms with Crippen molar-refractivity contribution in [3.63, 3.8) is 0 Å². The van der Waals surface area contributed by atoms with Gasteiger partial charge < -0.3 is 30.0 Å². The molecule has 14 nitrogen and oxygen atoms in total. The largest absolute Gasteiger partial charge is 0.396 e. The van der Waals surface area contributed by atoms with Crippen LogP contribution < -0.4 is 32.4 Å². The highest BCUT2D eigenvalue weighted by molar-refractivity contribution is 5.83. The lowest BCUT2D eigenvalue weighted by Gasteiger charge is -2.21. The zero-order chi connectivity index (χ0) is 40.8. The summed E-state index contributed by atoms with van der Waals surface area (Å²) in [4.78, 5) is 59.0. The second-order valence-corrected chi connectivity index (χ2v) is 15.3. The monoisotopic (exact) mass is 788 g/mol. The van der Waals surface area contributed by atoms with Crippen LogP contribution in [0.4, 0.5) is 0 Å². The lowest BCUT2D eigenvalue weighted by molar-refractivity contribution is -0.125. The zero-order valence-corrected chi connectivity index (χ0v) is 32.8. The molecule has 4 aliphatic heterocycles. The van der Waals surface area contributed by atoms with Crippen LogP contribution in [0, 0.1) is 23.7 Å². The molecule has 8 atom stereocenters. The molecule has 8 heterocycles. The fourth-order valence-electron chi connectivity index (χ4n) is 9.14. The molecule has 58 heavy (non-hydrogen) atoms. The summed E-state index contributed by atoms with van der Waals surface area (Å²) in [5.74, 6) is -0.635. The van der Waals surface area contributed by atoms with E-state index in [0.29, 0.717) is 37.3 Å². The van der Waals surface area contributed by atoms with Crippen molar-refractivity contribution in [2.45, 2.75) is 63.9 Å². The molecule has 2 saturated heterocycles. The van der Waals surface area contributed by atoms with Crippen LogP contribution in [0.1, 0.15) is 59.6 Å². The number of pyridine rings is 4. The highest BCUT2D eigenvalue weighted by Gasteiger charge is 2.51. The van der Waals surface area contributed by atoms with Crippen LogP contribution in [-0.4, -0.2) is 79.5 Å². The van der Waals surface area contributed by atoms with Crippen molar-refractivity contribution in [2.75, 3.05) is 26.3 Å². The van der Waals surface area contributed by atoms with E-state index in [1.54, 1.807) is 46.1 Å². The fourth-order valence-corrected chi connectivity index (χ4v) is 9.14. The minimum atomic E-state index is -0.466. The van der Waals surface area contributed by atoms with Crippen molar-refractivity contribution < 1.29 is 19.8 Å². The van der Waals surface area contributed by atoms with Gasteiger partial charge in [-0.2, -0.15) is 0 Å². The molecule has 0 radical (unpaired) electrons. The molecular formula is C44H52N8O6. The fraction of sp³-hybridized carbons (Fsp3) is 0.409. The third-order valence-corrected chi connectivity index (χ3v) is 12.0. The maximum absolute atomic E-state index is 12.8. The van der Waals surface area contributed by atoms with Gasteiger partial charge in [0.25, 0.3) is 11.1 Å². The Bertz CT molecular complexity index is 2100. The molecule has 0 aromatic carbocycles. The van der Waals surface area contributed by atoms with Crippen LogP contribution in [0.5, 0.6) is 0 Å². The van der Waals surface area contributed by atoms with Crippen molar-refractivity contribution >= 4 is 24.0 Å². The number of hydrogen-bond acceptors (Lipinski definition) is 10. The Labute approximate surface area is 337 Å². The summed E-state index contributed by atoms with van der Waals surface area (Å²) < 4.78 is 3.55. The summed E-state index contributed by atoms with van der Waals surface area (Å²) in [5.41, 5.74) is 5.27. The second-order valence-electron chi connectivity index (χ2n) is 15.3. The van der Waals surface area contributed by atoms with Gasteiger partial charge in [0.2, 0.25) is 11.8 Å². The first-order valence-corrected chi connectivity index (χ1v) is 20.1. The summed E-state index contributed by atoms with van der Waals surface area (Å²) in [6, 6.07) is 14.1. The Kier molecular flexibility index (Phi) is 12.9. The first-order valence-electron chi connectivity index (χ1n) is 20.1. The van der Waals surface area contributed by atoms with E-state index in [2.05, 4.69) is 31.2 Å². The highest BCUT2D eigenvalue weighted by Crippen LogP contribution is 2.43. The molecule has 0 saturated carbocycles. The van der Waals surface area contributed by atoms with E-state index in [-0.39, 0.29) is 71.9 Å². The Balaban J connectivity index is 0.000000177. The molecule has 2 fully saturated rings. The standard InChI is InChI=1S/2C22H26N4O3/c2*1-2-3-15-4-5-18-19-16(12-26(18)22(15)29)17(13-27)20(25-19)21(28)24-11-8-14-6-9-23-10-7-14/h2*2-7,9-10,16-17,19-20,25,27H,8,11-13H2,1H3,(H,24,28)/b3-2+;3-2-/t2*16-,17-,19+,20-/m00/s1. The lowest BCUT2D eigenvalue weighted by Crippen LogP contribution is -2.46. The molecule has 0 aliphatic carbocycles. The Morgan fingerprint density at radius 3 is 1.43 bits per heavy atom. The van der Waals surface area contributed by atoms with Gasteiger partial charge in [-0.15, -0.1) is 0 Å². The van der Waals surface area contributed by atoms with Crippen LogP contribution in [0.25, 0.3) is 12.2 Å². The van der Waals surface area contributed by atoms with Gasteiger partial charge in [0.05, 0.1) is 24.2 Å². The van der Waals surface area contributed by atoms with Gasteiger partial charge in [0.15, 0.2) is 0 Å². The summed E-state index contributed by atoms with van der Waals surface area (Å²) in [7, 11) is 0. The van der Waals surface area contributed by atoms with Crippen molar-refractivity contribution in [1.29, 1.82) is 0 Å². The topological polar surface area (TPSA) is 192 Å². The number of nitrogens with one attached hydrogen (secondary N) is 4. The third kappa shape index (κ3) is 8.23. The first kappa shape index (κ1) is 40.6. The van der Waals surface area contributed by atoms with E-state index in [0.717, 1.165) is 35.4 Å².